The van der Waals surface area contributed by atoms with E-state index in [4.69, 9.17) is 0 Å². The number of nitrogens with one attached hydrogen (secondary N) is 1. The van der Waals surface area contributed by atoms with Crippen LogP contribution in [0.5, 0.6) is 0 Å². The summed E-state index contributed by atoms with van der Waals surface area (Å²) in [7, 11) is 4.08. The van der Waals surface area contributed by atoms with E-state index in [1.165, 1.54) is 4.88 Å². The highest BCUT2D eigenvalue weighted by molar-refractivity contribution is 7.10. The third kappa shape index (κ3) is 3.76. The van der Waals surface area contributed by atoms with E-state index in [0.717, 1.165) is 5.56 Å². The predicted molar refractivity (Wildman–Crippen MR) is 93.2 cm³/mol. The van der Waals surface area contributed by atoms with Crippen LogP contribution in [0.4, 0.5) is 0 Å². The van der Waals surface area contributed by atoms with Crippen LogP contribution in [0, 0.1) is 0 Å². The molecule has 0 bridgehead atoms. The monoisotopic (exact) mass is 316 g/mol. The molecule has 1 unspecified atom stereocenters. The second-order valence-corrected chi connectivity index (χ2v) is 7.18. The number of rotatable bonds is 6. The van der Waals surface area contributed by atoms with Gasteiger partial charge in [0.05, 0.1) is 11.5 Å². The summed E-state index contributed by atoms with van der Waals surface area (Å²) in [6.45, 7) is 4.55. The van der Waals surface area contributed by atoms with E-state index < -0.39 is 5.41 Å². The number of thiophene rings is 1. The van der Waals surface area contributed by atoms with Gasteiger partial charge in [0.2, 0.25) is 5.91 Å². The van der Waals surface area contributed by atoms with Gasteiger partial charge in [0.1, 0.15) is 0 Å². The van der Waals surface area contributed by atoms with Crippen molar-refractivity contribution >= 4 is 17.2 Å². The van der Waals surface area contributed by atoms with Gasteiger partial charge in [0.15, 0.2) is 0 Å². The second kappa shape index (κ2) is 7.07. The van der Waals surface area contributed by atoms with E-state index in [0.29, 0.717) is 6.54 Å². The summed E-state index contributed by atoms with van der Waals surface area (Å²) < 4.78 is 0. The van der Waals surface area contributed by atoms with Crippen molar-refractivity contribution in [1.29, 1.82) is 0 Å². The van der Waals surface area contributed by atoms with Crippen molar-refractivity contribution in [3.8, 4) is 0 Å². The Morgan fingerprint density at radius 3 is 2.41 bits per heavy atom. The molecule has 0 spiro atoms. The summed E-state index contributed by atoms with van der Waals surface area (Å²) in [5.41, 5.74) is 0.498. The Bertz CT molecular complexity index is 591. The molecule has 1 aromatic heterocycles. The Labute approximate surface area is 137 Å². The van der Waals surface area contributed by atoms with Gasteiger partial charge < -0.3 is 10.2 Å². The van der Waals surface area contributed by atoms with Crippen molar-refractivity contribution in [2.75, 3.05) is 20.6 Å². The minimum atomic E-state index is -0.534. The van der Waals surface area contributed by atoms with Crippen LogP contribution in [0.1, 0.15) is 30.3 Å². The molecule has 1 heterocycles. The zero-order valence-corrected chi connectivity index (χ0v) is 14.5. The molecule has 0 saturated heterocycles. The van der Waals surface area contributed by atoms with E-state index in [1.54, 1.807) is 11.3 Å². The first-order valence-corrected chi connectivity index (χ1v) is 8.34. The molecule has 1 aromatic carbocycles. The Balaban J connectivity index is 2.05. The topological polar surface area (TPSA) is 32.3 Å². The second-order valence-electron chi connectivity index (χ2n) is 6.20. The molecular weight excluding hydrogens is 292 g/mol. The maximum absolute atomic E-state index is 12.6. The van der Waals surface area contributed by atoms with Crippen molar-refractivity contribution < 1.29 is 4.79 Å². The lowest BCUT2D eigenvalue weighted by Gasteiger charge is -2.28. The number of likely N-dealkylation sites (N-methyl/N-ethyl adjacent to an activating group) is 1. The van der Waals surface area contributed by atoms with Gasteiger partial charge >= 0.3 is 0 Å². The van der Waals surface area contributed by atoms with Gasteiger partial charge in [0, 0.05) is 11.4 Å². The normalized spacial score (nSPS) is 13.1. The quantitative estimate of drug-likeness (QED) is 0.885. The van der Waals surface area contributed by atoms with Gasteiger partial charge in [-0.1, -0.05) is 36.4 Å². The molecule has 0 saturated carbocycles. The lowest BCUT2D eigenvalue weighted by molar-refractivity contribution is -0.125. The molecule has 1 amide bonds. The van der Waals surface area contributed by atoms with Gasteiger partial charge in [-0.2, -0.15) is 0 Å². The number of hydrogen-bond acceptors (Lipinski definition) is 3. The lowest BCUT2D eigenvalue weighted by Crippen LogP contribution is -2.43. The molecule has 118 valence electrons. The zero-order valence-electron chi connectivity index (χ0n) is 13.7. The van der Waals surface area contributed by atoms with Crippen LogP contribution >= 0.6 is 11.3 Å². The van der Waals surface area contributed by atoms with E-state index in [1.807, 2.05) is 64.3 Å². The third-order valence-corrected chi connectivity index (χ3v) is 4.99. The fraction of sp³-hybridized carbons (Fsp3) is 0.389. The van der Waals surface area contributed by atoms with Gasteiger partial charge in [-0.3, -0.25) is 4.79 Å². The molecule has 0 radical (unpaired) electrons. The van der Waals surface area contributed by atoms with E-state index >= 15 is 0 Å². The molecule has 1 N–H and O–H groups in total. The van der Waals surface area contributed by atoms with E-state index in [-0.39, 0.29) is 11.9 Å². The zero-order chi connectivity index (χ0) is 16.2. The average Bonchev–Trinajstić information content (AvgIpc) is 3.02. The first-order valence-electron chi connectivity index (χ1n) is 7.46. The van der Waals surface area contributed by atoms with Crippen LogP contribution < -0.4 is 5.32 Å². The van der Waals surface area contributed by atoms with Gasteiger partial charge in [-0.05, 0) is 45.0 Å². The minimum absolute atomic E-state index is 0.0575. The highest BCUT2D eigenvalue weighted by Crippen LogP contribution is 2.25. The molecular formula is C18H24N2OS. The third-order valence-electron chi connectivity index (χ3n) is 4.01. The fourth-order valence-electron chi connectivity index (χ4n) is 2.41. The van der Waals surface area contributed by atoms with Crippen molar-refractivity contribution in [2.45, 2.75) is 25.3 Å². The van der Waals surface area contributed by atoms with E-state index in [9.17, 15) is 4.79 Å². The maximum Gasteiger partial charge on any atom is 0.230 e. The smallest absolute Gasteiger partial charge is 0.230 e. The number of carbonyl (C=O) groups excluding carboxylic acids is 1. The van der Waals surface area contributed by atoms with Gasteiger partial charge in [-0.25, -0.2) is 0 Å². The van der Waals surface area contributed by atoms with Crippen LogP contribution in [0.2, 0.25) is 0 Å². The van der Waals surface area contributed by atoms with Crippen LogP contribution in [-0.2, 0) is 10.2 Å². The Morgan fingerprint density at radius 1 is 1.18 bits per heavy atom. The summed E-state index contributed by atoms with van der Waals surface area (Å²) in [5.74, 6) is 0.0575. The Morgan fingerprint density at radius 2 is 1.86 bits per heavy atom. The molecule has 4 heteroatoms. The molecule has 0 aliphatic heterocycles. The van der Waals surface area contributed by atoms with Crippen LogP contribution in [0.15, 0.2) is 47.8 Å². The van der Waals surface area contributed by atoms with Crippen LogP contribution in [0.25, 0.3) is 0 Å². The fourth-order valence-corrected chi connectivity index (χ4v) is 3.34. The molecule has 22 heavy (non-hydrogen) atoms. The highest BCUT2D eigenvalue weighted by Gasteiger charge is 2.30. The number of carbonyl (C=O) groups is 1. The van der Waals surface area contributed by atoms with Crippen LogP contribution in [-0.4, -0.2) is 31.4 Å². The number of hydrogen-bond donors (Lipinski definition) is 1. The maximum atomic E-state index is 12.6. The Kier molecular flexibility index (Phi) is 5.37. The molecule has 1 atom stereocenters. The molecule has 0 fully saturated rings. The molecule has 0 aliphatic carbocycles. The largest absolute Gasteiger partial charge is 0.353 e. The molecule has 0 aliphatic rings. The van der Waals surface area contributed by atoms with Crippen LogP contribution in [0.3, 0.4) is 0 Å². The average molecular weight is 316 g/mol. The number of nitrogens with zero attached hydrogens (tertiary/aromatic N) is 1. The SMILES string of the molecule is CN(C)C(CNC(=O)C(C)(C)c1ccccc1)c1cccs1. The number of benzene rings is 1. The number of amides is 1. The van der Waals surface area contributed by atoms with E-state index in [2.05, 4.69) is 21.7 Å². The molecule has 3 nitrogen and oxygen atoms in total. The summed E-state index contributed by atoms with van der Waals surface area (Å²) in [6.07, 6.45) is 0. The van der Waals surface area contributed by atoms with Crippen molar-refractivity contribution in [1.82, 2.24) is 10.2 Å². The lowest BCUT2D eigenvalue weighted by atomic mass is 9.83. The first-order chi connectivity index (χ1) is 10.4. The van der Waals surface area contributed by atoms with Crippen molar-refractivity contribution in [3.63, 3.8) is 0 Å². The standard InChI is InChI=1S/C18H24N2OS/c1-18(2,14-9-6-5-7-10-14)17(21)19-13-15(20(3)4)16-11-8-12-22-16/h5-12,15H,13H2,1-4H3,(H,19,21). The summed E-state index contributed by atoms with van der Waals surface area (Å²) in [5, 5.41) is 5.19. The highest BCUT2D eigenvalue weighted by atomic mass is 32.1. The van der Waals surface area contributed by atoms with Crippen molar-refractivity contribution in [3.05, 3.63) is 58.3 Å². The summed E-state index contributed by atoms with van der Waals surface area (Å²) in [6, 6.07) is 14.3. The van der Waals surface area contributed by atoms with Gasteiger partial charge in [0.25, 0.3) is 0 Å². The first kappa shape index (κ1) is 16.7. The molecule has 2 aromatic rings. The molecule has 2 rings (SSSR count). The van der Waals surface area contributed by atoms with Crippen molar-refractivity contribution in [2.24, 2.45) is 0 Å². The minimum Gasteiger partial charge on any atom is -0.353 e. The Hall–Kier alpha value is -1.65. The van der Waals surface area contributed by atoms with Gasteiger partial charge in [-0.15, -0.1) is 11.3 Å². The predicted octanol–water partition coefficient (Wildman–Crippen LogP) is 3.44. The summed E-state index contributed by atoms with van der Waals surface area (Å²) >= 11 is 1.72. The summed E-state index contributed by atoms with van der Waals surface area (Å²) in [4.78, 5) is 16.0.